The lowest BCUT2D eigenvalue weighted by Gasteiger charge is -2.36. The molecule has 1 aliphatic carbocycles. The molecular weight excluding hydrogens is 420 g/mol. The van der Waals surface area contributed by atoms with Crippen molar-refractivity contribution in [2.45, 2.75) is 88.7 Å². The molecule has 2 aliphatic rings. The average Bonchev–Trinajstić information content (AvgIpc) is 2.70. The summed E-state index contributed by atoms with van der Waals surface area (Å²) in [7, 11) is -3.32. The monoisotopic (exact) mass is 454 g/mol. The molecule has 3 rings (SSSR count). The van der Waals surface area contributed by atoms with Crippen LogP contribution in [-0.2, 0) is 19.3 Å². The maximum absolute atomic E-state index is 12.0. The number of ether oxygens (including phenoxy) is 3. The summed E-state index contributed by atoms with van der Waals surface area (Å²) in [5.41, 5.74) is 0.587. The van der Waals surface area contributed by atoms with E-state index < -0.39 is 9.84 Å². The number of carbonyl (C=O) groups is 1. The average molecular weight is 455 g/mol. The third kappa shape index (κ3) is 6.80. The molecule has 0 radical (unpaired) electrons. The molecule has 1 aromatic rings. The van der Waals surface area contributed by atoms with E-state index in [1.165, 1.54) is 6.07 Å². The topological polar surface area (TPSA) is 95.0 Å². The van der Waals surface area contributed by atoms with Gasteiger partial charge in [0.2, 0.25) is 0 Å². The predicted molar refractivity (Wildman–Crippen MR) is 116 cm³/mol. The summed E-state index contributed by atoms with van der Waals surface area (Å²) >= 11 is 0. The fourth-order valence-corrected chi connectivity index (χ4v) is 4.66. The van der Waals surface area contributed by atoms with Gasteiger partial charge in [-0.3, -0.25) is 0 Å². The van der Waals surface area contributed by atoms with Crippen LogP contribution < -0.4 is 4.74 Å². The van der Waals surface area contributed by atoms with E-state index in [1.807, 2.05) is 13.8 Å². The number of nitrogens with zero attached hydrogens (tertiary/aromatic N) is 2. The third-order valence-electron chi connectivity index (χ3n) is 5.73. The Morgan fingerprint density at radius 1 is 1.03 bits per heavy atom. The van der Waals surface area contributed by atoms with Gasteiger partial charge in [-0.25, -0.2) is 18.2 Å². The van der Waals surface area contributed by atoms with Crippen LogP contribution >= 0.6 is 0 Å². The molecular formula is C22H34N2O6S. The molecule has 0 atom stereocenters. The number of carbonyl (C=O) groups excluding carboxylic acids is 1. The summed E-state index contributed by atoms with van der Waals surface area (Å²) in [5.74, 6) is 0.637. The lowest BCUT2D eigenvalue weighted by Crippen LogP contribution is -2.43. The van der Waals surface area contributed by atoms with Gasteiger partial charge in [-0.15, -0.1) is 0 Å². The Kier molecular flexibility index (Phi) is 7.80. The smallest absolute Gasteiger partial charge is 0.410 e. The van der Waals surface area contributed by atoms with Gasteiger partial charge in [0.05, 0.1) is 30.1 Å². The molecule has 0 bridgehead atoms. The van der Waals surface area contributed by atoms with Gasteiger partial charge in [0.1, 0.15) is 5.75 Å². The Labute approximate surface area is 185 Å². The standard InChI is InChI=1S/C22H34N2O6S/c1-15(2)28-22(25)24-13-11-19(12-14-24)29-17-5-7-18(8-6-17)30-20-9-10-21(23-16(20)3)31(4,26)27/h9-10,15,17-19H,5-8,11-14H2,1-4H3. The number of likely N-dealkylation sites (tertiary alicyclic amines) is 1. The first kappa shape index (κ1) is 23.8. The summed E-state index contributed by atoms with van der Waals surface area (Å²) in [6.45, 7) is 6.82. The van der Waals surface area contributed by atoms with Gasteiger partial charge in [-0.05, 0) is 71.4 Å². The fourth-order valence-electron chi connectivity index (χ4n) is 4.04. The normalized spacial score (nSPS) is 23.1. The molecule has 1 saturated carbocycles. The quantitative estimate of drug-likeness (QED) is 0.649. The molecule has 1 aromatic heterocycles. The van der Waals surface area contributed by atoms with Crippen molar-refractivity contribution >= 4 is 15.9 Å². The molecule has 174 valence electrons. The van der Waals surface area contributed by atoms with Crippen molar-refractivity contribution in [1.29, 1.82) is 0 Å². The second kappa shape index (κ2) is 10.2. The highest BCUT2D eigenvalue weighted by atomic mass is 32.2. The minimum Gasteiger partial charge on any atom is -0.489 e. The van der Waals surface area contributed by atoms with Crippen LogP contribution in [0.1, 0.15) is 58.1 Å². The highest BCUT2D eigenvalue weighted by molar-refractivity contribution is 7.90. The maximum Gasteiger partial charge on any atom is 0.410 e. The second-order valence-electron chi connectivity index (χ2n) is 8.78. The van der Waals surface area contributed by atoms with Gasteiger partial charge < -0.3 is 19.1 Å². The van der Waals surface area contributed by atoms with E-state index in [0.717, 1.165) is 44.8 Å². The minimum absolute atomic E-state index is 0.0676. The molecule has 2 fully saturated rings. The number of aromatic nitrogens is 1. The Hall–Kier alpha value is -1.87. The van der Waals surface area contributed by atoms with E-state index in [2.05, 4.69) is 4.98 Å². The molecule has 31 heavy (non-hydrogen) atoms. The maximum atomic E-state index is 12.0. The summed E-state index contributed by atoms with van der Waals surface area (Å²) in [5, 5.41) is 0.0676. The zero-order chi connectivity index (χ0) is 22.6. The molecule has 0 spiro atoms. The van der Waals surface area contributed by atoms with E-state index in [9.17, 15) is 13.2 Å². The Balaban J connectivity index is 1.41. The van der Waals surface area contributed by atoms with E-state index in [0.29, 0.717) is 24.5 Å². The summed E-state index contributed by atoms with van der Waals surface area (Å²) in [6, 6.07) is 3.19. The van der Waals surface area contributed by atoms with Crippen LogP contribution in [0.5, 0.6) is 5.75 Å². The van der Waals surface area contributed by atoms with Crippen LogP contribution in [0, 0.1) is 6.92 Å². The predicted octanol–water partition coefficient (Wildman–Crippen LogP) is 3.51. The highest BCUT2D eigenvalue weighted by Gasteiger charge is 2.29. The van der Waals surface area contributed by atoms with Gasteiger partial charge in [-0.2, -0.15) is 0 Å². The lowest BCUT2D eigenvalue weighted by atomic mass is 9.94. The first-order chi connectivity index (χ1) is 14.6. The largest absolute Gasteiger partial charge is 0.489 e. The molecule has 8 nitrogen and oxygen atoms in total. The number of piperidine rings is 1. The number of rotatable bonds is 6. The number of amides is 1. The zero-order valence-corrected chi connectivity index (χ0v) is 19.7. The zero-order valence-electron chi connectivity index (χ0n) is 18.9. The minimum atomic E-state index is -3.32. The summed E-state index contributed by atoms with van der Waals surface area (Å²) in [6.07, 6.45) is 6.58. The van der Waals surface area contributed by atoms with Crippen molar-refractivity contribution in [2.75, 3.05) is 19.3 Å². The van der Waals surface area contributed by atoms with E-state index in [-0.39, 0.29) is 35.5 Å². The third-order valence-corrected chi connectivity index (χ3v) is 6.72. The van der Waals surface area contributed by atoms with E-state index >= 15 is 0 Å². The number of aryl methyl sites for hydroxylation is 1. The van der Waals surface area contributed by atoms with Crippen LogP contribution in [0.2, 0.25) is 0 Å². The van der Waals surface area contributed by atoms with Crippen LogP contribution in [-0.4, -0.2) is 68.2 Å². The first-order valence-electron chi connectivity index (χ1n) is 11.1. The van der Waals surface area contributed by atoms with Crippen LogP contribution in [0.4, 0.5) is 4.79 Å². The van der Waals surface area contributed by atoms with Gasteiger partial charge >= 0.3 is 6.09 Å². The molecule has 1 aliphatic heterocycles. The SMILES string of the molecule is Cc1nc(S(C)(=O)=O)ccc1OC1CCC(OC2CCN(C(=O)OC(C)C)CC2)CC1. The molecule has 0 N–H and O–H groups in total. The molecule has 0 unspecified atom stereocenters. The Morgan fingerprint density at radius 3 is 2.16 bits per heavy atom. The van der Waals surface area contributed by atoms with Gasteiger partial charge in [0.25, 0.3) is 0 Å². The van der Waals surface area contributed by atoms with E-state index in [4.69, 9.17) is 14.2 Å². The number of sulfone groups is 1. The van der Waals surface area contributed by atoms with E-state index in [1.54, 1.807) is 17.9 Å². The molecule has 2 heterocycles. The lowest BCUT2D eigenvalue weighted by molar-refractivity contribution is -0.0657. The van der Waals surface area contributed by atoms with Gasteiger partial charge in [0.15, 0.2) is 14.9 Å². The fraction of sp³-hybridized carbons (Fsp3) is 0.727. The van der Waals surface area contributed by atoms with Gasteiger partial charge in [-0.1, -0.05) is 0 Å². The van der Waals surface area contributed by atoms with Crippen LogP contribution in [0.25, 0.3) is 0 Å². The molecule has 1 amide bonds. The summed E-state index contributed by atoms with van der Waals surface area (Å²) in [4.78, 5) is 17.9. The highest BCUT2D eigenvalue weighted by Crippen LogP contribution is 2.29. The second-order valence-corrected chi connectivity index (χ2v) is 10.7. The van der Waals surface area contributed by atoms with Crippen molar-refractivity contribution in [1.82, 2.24) is 9.88 Å². The Bertz CT molecular complexity index is 857. The van der Waals surface area contributed by atoms with Crippen molar-refractivity contribution in [3.05, 3.63) is 17.8 Å². The molecule has 1 saturated heterocycles. The van der Waals surface area contributed by atoms with Gasteiger partial charge in [0, 0.05) is 19.3 Å². The van der Waals surface area contributed by atoms with Crippen molar-refractivity contribution in [3.63, 3.8) is 0 Å². The van der Waals surface area contributed by atoms with Crippen molar-refractivity contribution in [3.8, 4) is 5.75 Å². The molecule has 9 heteroatoms. The van der Waals surface area contributed by atoms with Crippen molar-refractivity contribution < 1.29 is 27.4 Å². The number of pyridine rings is 1. The Morgan fingerprint density at radius 2 is 1.61 bits per heavy atom. The number of hydrogen-bond acceptors (Lipinski definition) is 7. The number of hydrogen-bond donors (Lipinski definition) is 0. The first-order valence-corrected chi connectivity index (χ1v) is 13.0. The molecule has 0 aromatic carbocycles. The van der Waals surface area contributed by atoms with Crippen molar-refractivity contribution in [2.24, 2.45) is 0 Å². The summed E-state index contributed by atoms with van der Waals surface area (Å²) < 4.78 is 40.9. The van der Waals surface area contributed by atoms with Crippen LogP contribution in [0.15, 0.2) is 17.2 Å². The van der Waals surface area contributed by atoms with Crippen LogP contribution in [0.3, 0.4) is 0 Å².